The predicted octanol–water partition coefficient (Wildman–Crippen LogP) is 5.90. The highest BCUT2D eigenvalue weighted by molar-refractivity contribution is 8.01. The third kappa shape index (κ3) is 6.58. The van der Waals surface area contributed by atoms with Crippen molar-refractivity contribution in [1.29, 1.82) is 0 Å². The minimum Gasteiger partial charge on any atom is -0.353 e. The molecule has 0 aliphatic heterocycles. The molecule has 1 aromatic heterocycles. The number of hydrogen-bond donors (Lipinski definition) is 2. The fraction of sp³-hybridized carbons (Fsp3) is 0.423. The van der Waals surface area contributed by atoms with Crippen LogP contribution < -0.4 is 10.6 Å². The van der Waals surface area contributed by atoms with Crippen LogP contribution in [0.3, 0.4) is 0 Å². The summed E-state index contributed by atoms with van der Waals surface area (Å²) in [5.74, 6) is 0.860. The highest BCUT2D eigenvalue weighted by Crippen LogP contribution is 2.38. The van der Waals surface area contributed by atoms with Crippen LogP contribution in [0.25, 0.3) is 10.8 Å². The third-order valence-corrected chi connectivity index (χ3v) is 8.08. The topological polar surface area (TPSA) is 71.1 Å². The Labute approximate surface area is 203 Å². The Morgan fingerprint density at radius 2 is 1.91 bits per heavy atom. The molecule has 33 heavy (non-hydrogen) atoms. The van der Waals surface area contributed by atoms with Gasteiger partial charge in [-0.3, -0.25) is 9.59 Å². The van der Waals surface area contributed by atoms with E-state index in [9.17, 15) is 9.59 Å². The first-order valence-corrected chi connectivity index (χ1v) is 13.3. The van der Waals surface area contributed by atoms with E-state index in [1.54, 1.807) is 0 Å². The Hall–Kier alpha value is -2.38. The Bertz CT molecular complexity index is 1140. The minimum absolute atomic E-state index is 0.0282. The van der Waals surface area contributed by atoms with E-state index in [-0.39, 0.29) is 35.4 Å². The molecule has 3 aromatic rings. The van der Waals surface area contributed by atoms with Gasteiger partial charge in [0.15, 0.2) is 4.34 Å². The quantitative estimate of drug-likeness (QED) is 0.412. The molecule has 174 valence electrons. The van der Waals surface area contributed by atoms with Gasteiger partial charge in [-0.2, -0.15) is 0 Å². The van der Waals surface area contributed by atoms with Crippen molar-refractivity contribution in [2.45, 2.75) is 56.8 Å². The van der Waals surface area contributed by atoms with E-state index in [4.69, 9.17) is 0 Å². The largest absolute Gasteiger partial charge is 0.353 e. The zero-order valence-corrected chi connectivity index (χ0v) is 21.0. The third-order valence-electron chi connectivity index (χ3n) is 6.01. The maximum absolute atomic E-state index is 12.6. The van der Waals surface area contributed by atoms with Crippen LogP contribution in [0, 0.1) is 11.3 Å². The number of amides is 2. The van der Waals surface area contributed by atoms with Crippen LogP contribution in [0.5, 0.6) is 0 Å². The smallest absolute Gasteiger partial charge is 0.234 e. The highest BCUT2D eigenvalue weighted by atomic mass is 32.2. The number of nitrogens with zero attached hydrogens (tertiary/aromatic N) is 1. The number of thiazole rings is 1. The number of carbonyl (C=O) groups excluding carboxylic acids is 2. The lowest BCUT2D eigenvalue weighted by Gasteiger charge is -2.39. The van der Waals surface area contributed by atoms with Gasteiger partial charge in [0.2, 0.25) is 11.8 Å². The first kappa shape index (κ1) is 23.8. The standard InChI is InChI=1S/C26H31N3O2S2/c1-17-11-19(14-26(2,3)13-17)27-23(30)12-20-15-32-25(28-20)33-16-24(31)29-22-10-6-8-18-7-4-5-9-21(18)22/h4-10,15,17,19H,11-14,16H2,1-3H3,(H,27,30)(H,29,31). The summed E-state index contributed by atoms with van der Waals surface area (Å²) in [6.45, 7) is 6.82. The van der Waals surface area contributed by atoms with Crippen LogP contribution in [-0.4, -0.2) is 28.6 Å². The lowest BCUT2D eigenvalue weighted by atomic mass is 9.70. The van der Waals surface area contributed by atoms with Crippen molar-refractivity contribution in [3.05, 3.63) is 53.5 Å². The van der Waals surface area contributed by atoms with Crippen LogP contribution in [0.15, 0.2) is 52.2 Å². The van der Waals surface area contributed by atoms with Crippen molar-refractivity contribution in [1.82, 2.24) is 10.3 Å². The molecule has 0 saturated heterocycles. The fourth-order valence-corrected chi connectivity index (χ4v) is 6.63. The summed E-state index contributed by atoms with van der Waals surface area (Å²) in [4.78, 5) is 29.6. The van der Waals surface area contributed by atoms with Gasteiger partial charge in [0, 0.05) is 22.5 Å². The lowest BCUT2D eigenvalue weighted by Crippen LogP contribution is -2.43. The SMILES string of the molecule is CC1CC(NC(=O)Cc2csc(SCC(=O)Nc3cccc4ccccc34)n2)CC(C)(C)C1. The number of benzene rings is 2. The summed E-state index contributed by atoms with van der Waals surface area (Å²) in [6, 6.07) is 14.1. The van der Waals surface area contributed by atoms with E-state index in [1.807, 2.05) is 47.8 Å². The minimum atomic E-state index is -0.0696. The number of rotatable bonds is 7. The summed E-state index contributed by atoms with van der Waals surface area (Å²) in [5.41, 5.74) is 1.85. The number of nitrogens with one attached hydrogen (secondary N) is 2. The molecule has 1 heterocycles. The molecule has 2 unspecified atom stereocenters. The molecule has 7 heteroatoms. The van der Waals surface area contributed by atoms with Gasteiger partial charge < -0.3 is 10.6 Å². The van der Waals surface area contributed by atoms with E-state index >= 15 is 0 Å². The number of aromatic nitrogens is 1. The van der Waals surface area contributed by atoms with Crippen LogP contribution in [0.4, 0.5) is 5.69 Å². The monoisotopic (exact) mass is 481 g/mol. The summed E-state index contributed by atoms with van der Waals surface area (Å²) < 4.78 is 0.804. The second-order valence-electron chi connectivity index (χ2n) is 9.82. The Kier molecular flexibility index (Phi) is 7.39. The number of anilines is 1. The highest BCUT2D eigenvalue weighted by Gasteiger charge is 2.32. The van der Waals surface area contributed by atoms with E-state index < -0.39 is 0 Å². The van der Waals surface area contributed by atoms with Gasteiger partial charge in [0.25, 0.3) is 0 Å². The van der Waals surface area contributed by atoms with Gasteiger partial charge in [-0.25, -0.2) is 4.98 Å². The Morgan fingerprint density at radius 3 is 2.73 bits per heavy atom. The first-order chi connectivity index (χ1) is 15.8. The predicted molar refractivity (Wildman–Crippen MR) is 138 cm³/mol. The molecule has 1 aliphatic rings. The van der Waals surface area contributed by atoms with Crippen LogP contribution in [0.2, 0.25) is 0 Å². The molecule has 0 radical (unpaired) electrons. The van der Waals surface area contributed by atoms with Gasteiger partial charge >= 0.3 is 0 Å². The van der Waals surface area contributed by atoms with Crippen molar-refractivity contribution in [2.24, 2.45) is 11.3 Å². The van der Waals surface area contributed by atoms with Crippen LogP contribution in [-0.2, 0) is 16.0 Å². The Morgan fingerprint density at radius 1 is 1.12 bits per heavy atom. The van der Waals surface area contributed by atoms with E-state index in [0.29, 0.717) is 5.92 Å². The summed E-state index contributed by atoms with van der Waals surface area (Å²) in [7, 11) is 0. The van der Waals surface area contributed by atoms with Gasteiger partial charge in [0.1, 0.15) is 0 Å². The molecular formula is C26H31N3O2S2. The maximum Gasteiger partial charge on any atom is 0.234 e. The number of thioether (sulfide) groups is 1. The normalized spacial score (nSPS) is 19.8. The molecule has 2 amide bonds. The molecule has 1 saturated carbocycles. The maximum atomic E-state index is 12.6. The molecule has 0 bridgehead atoms. The summed E-state index contributed by atoms with van der Waals surface area (Å²) in [6.07, 6.45) is 3.55. The zero-order chi connectivity index (χ0) is 23.4. The Balaban J connectivity index is 1.26. The van der Waals surface area contributed by atoms with Crippen LogP contribution in [0.1, 0.15) is 45.7 Å². The molecule has 5 nitrogen and oxygen atoms in total. The average molecular weight is 482 g/mol. The molecule has 2 aromatic carbocycles. The molecule has 2 atom stereocenters. The van der Waals surface area contributed by atoms with Gasteiger partial charge in [-0.05, 0) is 42.0 Å². The number of carbonyl (C=O) groups is 2. The molecule has 0 spiro atoms. The lowest BCUT2D eigenvalue weighted by molar-refractivity contribution is -0.121. The average Bonchev–Trinajstić information content (AvgIpc) is 3.18. The molecule has 1 aliphatic carbocycles. The first-order valence-electron chi connectivity index (χ1n) is 11.4. The molecule has 2 N–H and O–H groups in total. The summed E-state index contributed by atoms with van der Waals surface area (Å²) >= 11 is 2.88. The van der Waals surface area contributed by atoms with E-state index in [2.05, 4.69) is 36.4 Å². The summed E-state index contributed by atoms with van der Waals surface area (Å²) in [5, 5.41) is 10.2. The van der Waals surface area contributed by atoms with Crippen LogP contribution >= 0.6 is 23.1 Å². The van der Waals surface area contributed by atoms with Crippen molar-refractivity contribution in [2.75, 3.05) is 11.1 Å². The van der Waals surface area contributed by atoms with Crippen molar-refractivity contribution < 1.29 is 9.59 Å². The second kappa shape index (κ2) is 10.3. The zero-order valence-electron chi connectivity index (χ0n) is 19.4. The van der Waals surface area contributed by atoms with E-state index in [1.165, 1.54) is 29.5 Å². The van der Waals surface area contributed by atoms with Gasteiger partial charge in [-0.15, -0.1) is 11.3 Å². The van der Waals surface area contributed by atoms with Crippen molar-refractivity contribution >= 4 is 51.4 Å². The fourth-order valence-electron chi connectivity index (χ4n) is 4.98. The van der Waals surface area contributed by atoms with Crippen molar-refractivity contribution in [3.63, 3.8) is 0 Å². The van der Waals surface area contributed by atoms with Gasteiger partial charge in [0.05, 0.1) is 17.9 Å². The van der Waals surface area contributed by atoms with Crippen molar-refractivity contribution in [3.8, 4) is 0 Å². The molecule has 4 rings (SSSR count). The van der Waals surface area contributed by atoms with E-state index in [0.717, 1.165) is 39.3 Å². The molecular weight excluding hydrogens is 450 g/mol. The molecule has 1 fully saturated rings. The number of fused-ring (bicyclic) bond motifs is 1. The van der Waals surface area contributed by atoms with Gasteiger partial charge in [-0.1, -0.05) is 68.9 Å². The number of hydrogen-bond acceptors (Lipinski definition) is 5. The second-order valence-corrected chi connectivity index (χ2v) is 11.9.